The van der Waals surface area contributed by atoms with Crippen molar-refractivity contribution in [2.45, 2.75) is 32.2 Å². The molecule has 2 aliphatic heterocycles. The van der Waals surface area contributed by atoms with Gasteiger partial charge in [0.2, 0.25) is 0 Å². The number of hydrogen-bond donors (Lipinski definition) is 1. The Kier molecular flexibility index (Phi) is 3.25. The van der Waals surface area contributed by atoms with Crippen LogP contribution in [-0.4, -0.2) is 25.7 Å². The fourth-order valence-corrected chi connectivity index (χ4v) is 3.32. The van der Waals surface area contributed by atoms with Gasteiger partial charge in [-0.25, -0.2) is 4.39 Å². The first kappa shape index (κ1) is 12.0. The summed E-state index contributed by atoms with van der Waals surface area (Å²) in [6, 6.07) is 5.84. The molecule has 98 valence electrons. The van der Waals surface area contributed by atoms with E-state index in [1.54, 1.807) is 12.1 Å². The van der Waals surface area contributed by atoms with Crippen LogP contribution in [0.2, 0.25) is 0 Å². The summed E-state index contributed by atoms with van der Waals surface area (Å²) in [4.78, 5) is 2.38. The Morgan fingerprint density at radius 3 is 3.17 bits per heavy atom. The summed E-state index contributed by atoms with van der Waals surface area (Å²) in [6.45, 7) is 5.51. The summed E-state index contributed by atoms with van der Waals surface area (Å²) in [6.07, 6.45) is 3.54. The summed E-state index contributed by atoms with van der Waals surface area (Å²) < 4.78 is 13.3. The van der Waals surface area contributed by atoms with Crippen molar-refractivity contribution in [1.29, 1.82) is 0 Å². The fraction of sp³-hybridized carbons (Fsp3) is 0.600. The zero-order chi connectivity index (χ0) is 12.5. The molecule has 1 N–H and O–H groups in total. The van der Waals surface area contributed by atoms with Crippen LogP contribution in [0, 0.1) is 11.7 Å². The molecule has 0 radical (unpaired) electrons. The van der Waals surface area contributed by atoms with Gasteiger partial charge in [0.05, 0.1) is 0 Å². The van der Waals surface area contributed by atoms with E-state index in [4.69, 9.17) is 0 Å². The van der Waals surface area contributed by atoms with E-state index in [1.807, 2.05) is 6.07 Å². The van der Waals surface area contributed by atoms with E-state index in [0.717, 1.165) is 37.7 Å². The molecule has 1 aromatic carbocycles. The molecule has 2 atom stereocenters. The van der Waals surface area contributed by atoms with Crippen molar-refractivity contribution in [1.82, 2.24) is 5.32 Å². The van der Waals surface area contributed by atoms with Crippen LogP contribution >= 0.6 is 0 Å². The Hall–Kier alpha value is -1.09. The average Bonchev–Trinajstić information content (AvgIpc) is 2.72. The second-order valence-corrected chi connectivity index (χ2v) is 5.71. The van der Waals surface area contributed by atoms with Crippen molar-refractivity contribution < 1.29 is 4.39 Å². The van der Waals surface area contributed by atoms with E-state index in [1.165, 1.54) is 18.4 Å². The minimum atomic E-state index is -0.112. The van der Waals surface area contributed by atoms with Gasteiger partial charge >= 0.3 is 0 Å². The molecule has 1 aromatic rings. The molecule has 0 aliphatic carbocycles. The predicted octanol–water partition coefficient (Wildman–Crippen LogP) is 2.58. The molecule has 0 spiro atoms. The van der Waals surface area contributed by atoms with Crippen molar-refractivity contribution in [3.05, 3.63) is 29.6 Å². The first-order valence-corrected chi connectivity index (χ1v) is 6.99. The van der Waals surface area contributed by atoms with Gasteiger partial charge in [-0.2, -0.15) is 0 Å². The number of rotatable bonds is 2. The third-order valence-corrected chi connectivity index (χ3v) is 4.25. The minimum Gasteiger partial charge on any atom is -0.371 e. The number of benzene rings is 1. The van der Waals surface area contributed by atoms with Crippen LogP contribution in [0.1, 0.15) is 25.3 Å². The number of piperidine rings is 1. The van der Waals surface area contributed by atoms with Gasteiger partial charge in [0.15, 0.2) is 0 Å². The second-order valence-electron chi connectivity index (χ2n) is 5.71. The van der Waals surface area contributed by atoms with Gasteiger partial charge in [0.25, 0.3) is 0 Å². The SMILES string of the molecule is CC1CC(CN2CCc3ccc(F)cc32)CCN1. The van der Waals surface area contributed by atoms with Crippen LogP contribution in [0.4, 0.5) is 10.1 Å². The highest BCUT2D eigenvalue weighted by atomic mass is 19.1. The Morgan fingerprint density at radius 2 is 2.33 bits per heavy atom. The molecule has 0 saturated carbocycles. The molecule has 18 heavy (non-hydrogen) atoms. The fourth-order valence-electron chi connectivity index (χ4n) is 3.32. The molecule has 2 unspecified atom stereocenters. The topological polar surface area (TPSA) is 15.3 Å². The summed E-state index contributed by atoms with van der Waals surface area (Å²) in [5.74, 6) is 0.634. The van der Waals surface area contributed by atoms with E-state index in [9.17, 15) is 4.39 Å². The van der Waals surface area contributed by atoms with Gasteiger partial charge in [-0.3, -0.25) is 0 Å². The molecule has 0 bridgehead atoms. The monoisotopic (exact) mass is 248 g/mol. The van der Waals surface area contributed by atoms with Crippen molar-refractivity contribution in [2.24, 2.45) is 5.92 Å². The van der Waals surface area contributed by atoms with E-state index >= 15 is 0 Å². The van der Waals surface area contributed by atoms with Crippen LogP contribution < -0.4 is 10.2 Å². The van der Waals surface area contributed by atoms with Crippen molar-refractivity contribution in [2.75, 3.05) is 24.5 Å². The first-order chi connectivity index (χ1) is 8.72. The molecular weight excluding hydrogens is 227 g/mol. The lowest BCUT2D eigenvalue weighted by Crippen LogP contribution is -2.40. The lowest BCUT2D eigenvalue weighted by atomic mass is 9.93. The summed E-state index contributed by atoms with van der Waals surface area (Å²) in [5.41, 5.74) is 2.43. The molecule has 0 aromatic heterocycles. The molecule has 2 nitrogen and oxygen atoms in total. The lowest BCUT2D eigenvalue weighted by Gasteiger charge is -2.32. The van der Waals surface area contributed by atoms with E-state index in [0.29, 0.717) is 6.04 Å². The number of nitrogens with zero attached hydrogens (tertiary/aromatic N) is 1. The maximum absolute atomic E-state index is 13.3. The molecule has 2 heterocycles. The number of halogens is 1. The van der Waals surface area contributed by atoms with E-state index in [-0.39, 0.29) is 5.82 Å². The average molecular weight is 248 g/mol. The van der Waals surface area contributed by atoms with Gasteiger partial charge in [0.1, 0.15) is 5.82 Å². The Balaban J connectivity index is 1.70. The van der Waals surface area contributed by atoms with Gasteiger partial charge in [-0.1, -0.05) is 6.07 Å². The van der Waals surface area contributed by atoms with Crippen molar-refractivity contribution in [3.8, 4) is 0 Å². The first-order valence-electron chi connectivity index (χ1n) is 6.99. The van der Waals surface area contributed by atoms with Crippen molar-refractivity contribution >= 4 is 5.69 Å². The van der Waals surface area contributed by atoms with Gasteiger partial charge in [0, 0.05) is 24.8 Å². The Labute approximate surface area is 108 Å². The number of nitrogens with one attached hydrogen (secondary N) is 1. The largest absolute Gasteiger partial charge is 0.371 e. The van der Waals surface area contributed by atoms with Gasteiger partial charge in [-0.05, 0) is 56.3 Å². The zero-order valence-electron chi connectivity index (χ0n) is 11.0. The molecular formula is C15H21FN2. The quantitative estimate of drug-likeness (QED) is 0.865. The van der Waals surface area contributed by atoms with Crippen LogP contribution in [0.25, 0.3) is 0 Å². The number of anilines is 1. The standard InChI is InChI=1S/C15H21FN2/c1-11-8-12(4-6-17-11)10-18-7-5-13-2-3-14(16)9-15(13)18/h2-3,9,11-12,17H,4-8,10H2,1H3. The van der Waals surface area contributed by atoms with E-state index in [2.05, 4.69) is 17.1 Å². The third kappa shape index (κ3) is 2.37. The molecule has 1 fully saturated rings. The summed E-state index contributed by atoms with van der Waals surface area (Å²) >= 11 is 0. The second kappa shape index (κ2) is 4.88. The third-order valence-electron chi connectivity index (χ3n) is 4.25. The summed E-state index contributed by atoms with van der Waals surface area (Å²) in [5, 5.41) is 3.49. The Morgan fingerprint density at radius 1 is 1.44 bits per heavy atom. The minimum absolute atomic E-state index is 0.112. The van der Waals surface area contributed by atoms with Crippen LogP contribution in [0.15, 0.2) is 18.2 Å². The normalized spacial score (nSPS) is 27.3. The summed E-state index contributed by atoms with van der Waals surface area (Å²) in [7, 11) is 0. The maximum atomic E-state index is 13.3. The van der Waals surface area contributed by atoms with Crippen LogP contribution in [-0.2, 0) is 6.42 Å². The predicted molar refractivity (Wildman–Crippen MR) is 72.5 cm³/mol. The van der Waals surface area contributed by atoms with Gasteiger partial charge < -0.3 is 10.2 Å². The van der Waals surface area contributed by atoms with E-state index < -0.39 is 0 Å². The van der Waals surface area contributed by atoms with Crippen LogP contribution in [0.5, 0.6) is 0 Å². The van der Waals surface area contributed by atoms with Crippen molar-refractivity contribution in [3.63, 3.8) is 0 Å². The Bertz CT molecular complexity index is 433. The molecule has 2 aliphatic rings. The highest BCUT2D eigenvalue weighted by molar-refractivity contribution is 5.58. The zero-order valence-corrected chi connectivity index (χ0v) is 11.0. The highest BCUT2D eigenvalue weighted by Crippen LogP contribution is 2.30. The number of hydrogen-bond acceptors (Lipinski definition) is 2. The molecule has 0 amide bonds. The lowest BCUT2D eigenvalue weighted by molar-refractivity contribution is 0.317. The maximum Gasteiger partial charge on any atom is 0.125 e. The van der Waals surface area contributed by atoms with Crippen LogP contribution in [0.3, 0.4) is 0 Å². The van der Waals surface area contributed by atoms with Gasteiger partial charge in [-0.15, -0.1) is 0 Å². The molecule has 3 rings (SSSR count). The smallest absolute Gasteiger partial charge is 0.125 e. The molecule has 3 heteroatoms. The number of fused-ring (bicyclic) bond motifs is 1. The highest BCUT2D eigenvalue weighted by Gasteiger charge is 2.25. The molecule has 1 saturated heterocycles.